The summed E-state index contributed by atoms with van der Waals surface area (Å²) in [5, 5.41) is 18.3. The van der Waals surface area contributed by atoms with Gasteiger partial charge in [0.25, 0.3) is 11.6 Å². The van der Waals surface area contributed by atoms with Crippen molar-refractivity contribution in [3.63, 3.8) is 0 Å². The first-order chi connectivity index (χ1) is 14.4. The van der Waals surface area contributed by atoms with E-state index in [1.807, 2.05) is 6.92 Å². The van der Waals surface area contributed by atoms with Gasteiger partial charge in [0, 0.05) is 37.5 Å². The first-order valence-corrected chi connectivity index (χ1v) is 10.3. The van der Waals surface area contributed by atoms with Gasteiger partial charge in [0.2, 0.25) is 5.91 Å². The highest BCUT2D eigenvalue weighted by molar-refractivity contribution is 5.93. The molecule has 9 heteroatoms. The maximum absolute atomic E-state index is 13.1. The highest BCUT2D eigenvalue weighted by Crippen LogP contribution is 2.24. The zero-order valence-electron chi connectivity index (χ0n) is 17.3. The number of carbonyl (C=O) groups excluding carboxylic acids is 2. The molecule has 1 aromatic heterocycles. The van der Waals surface area contributed by atoms with Crippen LogP contribution in [-0.2, 0) is 4.79 Å². The third-order valence-electron chi connectivity index (χ3n) is 5.46. The number of non-ortho nitro benzene ring substituents is 1. The third kappa shape index (κ3) is 4.84. The molecule has 0 saturated carbocycles. The Morgan fingerprint density at radius 1 is 1.30 bits per heavy atom. The van der Waals surface area contributed by atoms with Crippen LogP contribution in [0.25, 0.3) is 5.69 Å². The van der Waals surface area contributed by atoms with Crippen molar-refractivity contribution in [2.24, 2.45) is 5.92 Å². The predicted molar refractivity (Wildman–Crippen MR) is 111 cm³/mol. The number of amides is 2. The average molecular weight is 413 g/mol. The van der Waals surface area contributed by atoms with Crippen molar-refractivity contribution >= 4 is 17.5 Å². The summed E-state index contributed by atoms with van der Waals surface area (Å²) in [5.74, 6) is -0.464. The van der Waals surface area contributed by atoms with E-state index < -0.39 is 4.92 Å². The zero-order valence-corrected chi connectivity index (χ0v) is 17.3. The maximum atomic E-state index is 13.1. The molecule has 2 aromatic rings. The fourth-order valence-electron chi connectivity index (χ4n) is 3.61. The quantitative estimate of drug-likeness (QED) is 0.426. The van der Waals surface area contributed by atoms with Crippen molar-refractivity contribution in [3.05, 3.63) is 52.3 Å². The normalized spacial score (nSPS) is 18.8. The van der Waals surface area contributed by atoms with E-state index in [0.29, 0.717) is 18.8 Å². The van der Waals surface area contributed by atoms with Gasteiger partial charge in [0.15, 0.2) is 5.69 Å². The molecule has 1 aromatic carbocycles. The molecular weight excluding hydrogens is 386 g/mol. The number of aromatic nitrogens is 2. The molecule has 0 radical (unpaired) electrons. The number of nitro groups is 1. The van der Waals surface area contributed by atoms with Crippen LogP contribution in [0.15, 0.2) is 36.5 Å². The second kappa shape index (κ2) is 9.51. The largest absolute Gasteiger partial charge is 0.356 e. The smallest absolute Gasteiger partial charge is 0.274 e. The van der Waals surface area contributed by atoms with Gasteiger partial charge in [-0.15, -0.1) is 0 Å². The van der Waals surface area contributed by atoms with Crippen LogP contribution >= 0.6 is 0 Å². The summed E-state index contributed by atoms with van der Waals surface area (Å²) in [6, 6.07) is 7.68. The number of likely N-dealkylation sites (tertiary alicyclic amines) is 1. The summed E-state index contributed by atoms with van der Waals surface area (Å²) < 4.78 is 1.45. The van der Waals surface area contributed by atoms with Gasteiger partial charge < -0.3 is 10.2 Å². The van der Waals surface area contributed by atoms with Crippen molar-refractivity contribution < 1.29 is 14.5 Å². The van der Waals surface area contributed by atoms with Crippen LogP contribution in [0.5, 0.6) is 0 Å². The summed E-state index contributed by atoms with van der Waals surface area (Å²) in [5.41, 5.74) is 0.709. The molecular formula is C21H27N5O4. The lowest BCUT2D eigenvalue weighted by Gasteiger charge is -2.37. The minimum absolute atomic E-state index is 0.00438. The molecule has 9 nitrogen and oxygen atoms in total. The molecule has 2 amide bonds. The SMILES string of the molecule is CCCCNC(=O)C1CCC(C)N(C(=O)c2ccn(-c3cccc([N+](=O)[O-])c3)n2)C1. The van der Waals surface area contributed by atoms with E-state index >= 15 is 0 Å². The molecule has 160 valence electrons. The van der Waals surface area contributed by atoms with E-state index in [1.165, 1.54) is 16.8 Å². The van der Waals surface area contributed by atoms with Gasteiger partial charge in [-0.1, -0.05) is 19.4 Å². The van der Waals surface area contributed by atoms with Gasteiger partial charge in [-0.05, 0) is 38.3 Å². The van der Waals surface area contributed by atoms with Crippen molar-refractivity contribution in [1.82, 2.24) is 20.0 Å². The number of nitrogens with one attached hydrogen (secondary N) is 1. The minimum Gasteiger partial charge on any atom is -0.356 e. The van der Waals surface area contributed by atoms with Gasteiger partial charge in [-0.2, -0.15) is 5.10 Å². The van der Waals surface area contributed by atoms with Crippen LogP contribution < -0.4 is 5.32 Å². The van der Waals surface area contributed by atoms with E-state index in [0.717, 1.165) is 25.7 Å². The molecule has 2 heterocycles. The second-order valence-corrected chi connectivity index (χ2v) is 7.65. The molecule has 1 aliphatic rings. The molecule has 1 N–H and O–H groups in total. The van der Waals surface area contributed by atoms with Crippen LogP contribution in [0.3, 0.4) is 0 Å². The Bertz CT molecular complexity index is 926. The summed E-state index contributed by atoms with van der Waals surface area (Å²) in [7, 11) is 0. The van der Waals surface area contributed by atoms with E-state index in [1.54, 1.807) is 29.3 Å². The zero-order chi connectivity index (χ0) is 21.7. The lowest BCUT2D eigenvalue weighted by molar-refractivity contribution is -0.384. The standard InChI is InChI=1S/C21H27N5O4/c1-3-4-11-22-20(27)16-9-8-15(2)24(14-16)21(28)19-10-12-25(23-19)17-6-5-7-18(13-17)26(29)30/h5-7,10,12-13,15-16H,3-4,8-9,11,14H2,1-2H3,(H,22,27). The van der Waals surface area contributed by atoms with Gasteiger partial charge in [-0.3, -0.25) is 19.7 Å². The lowest BCUT2D eigenvalue weighted by Crippen LogP contribution is -2.49. The molecule has 1 saturated heterocycles. The Balaban J connectivity index is 1.72. The Morgan fingerprint density at radius 3 is 2.83 bits per heavy atom. The van der Waals surface area contributed by atoms with E-state index in [9.17, 15) is 19.7 Å². The first-order valence-electron chi connectivity index (χ1n) is 10.3. The summed E-state index contributed by atoms with van der Waals surface area (Å²) in [6.07, 6.45) is 5.07. The summed E-state index contributed by atoms with van der Waals surface area (Å²) in [6.45, 7) is 5.06. The van der Waals surface area contributed by atoms with Crippen molar-refractivity contribution in [1.29, 1.82) is 0 Å². The van der Waals surface area contributed by atoms with Crippen molar-refractivity contribution in [2.45, 2.75) is 45.6 Å². The Kier molecular flexibility index (Phi) is 6.81. The topological polar surface area (TPSA) is 110 Å². The molecule has 2 atom stereocenters. The number of nitro benzene ring substituents is 1. The molecule has 3 rings (SSSR count). The van der Waals surface area contributed by atoms with E-state index in [4.69, 9.17) is 0 Å². The maximum Gasteiger partial charge on any atom is 0.274 e. The fraction of sp³-hybridized carbons (Fsp3) is 0.476. The molecule has 0 bridgehead atoms. The minimum atomic E-state index is -0.472. The Morgan fingerprint density at radius 2 is 2.10 bits per heavy atom. The van der Waals surface area contributed by atoms with Crippen LogP contribution in [0.4, 0.5) is 5.69 Å². The summed E-state index contributed by atoms with van der Waals surface area (Å²) in [4.78, 5) is 37.7. The van der Waals surface area contributed by atoms with E-state index in [-0.39, 0.29) is 35.2 Å². The summed E-state index contributed by atoms with van der Waals surface area (Å²) >= 11 is 0. The van der Waals surface area contributed by atoms with Crippen LogP contribution in [-0.4, -0.2) is 50.5 Å². The van der Waals surface area contributed by atoms with Crippen LogP contribution in [0.1, 0.15) is 50.0 Å². The highest BCUT2D eigenvalue weighted by atomic mass is 16.6. The number of hydrogen-bond acceptors (Lipinski definition) is 5. The Labute approximate surface area is 175 Å². The molecule has 2 unspecified atom stereocenters. The van der Waals surface area contributed by atoms with Crippen LogP contribution in [0, 0.1) is 16.0 Å². The number of hydrogen-bond donors (Lipinski definition) is 1. The fourth-order valence-corrected chi connectivity index (χ4v) is 3.61. The monoisotopic (exact) mass is 413 g/mol. The van der Waals surface area contributed by atoms with Crippen molar-refractivity contribution in [2.75, 3.05) is 13.1 Å². The number of benzene rings is 1. The first kappa shape index (κ1) is 21.5. The molecule has 0 spiro atoms. The highest BCUT2D eigenvalue weighted by Gasteiger charge is 2.33. The van der Waals surface area contributed by atoms with E-state index in [2.05, 4.69) is 17.3 Å². The molecule has 1 fully saturated rings. The molecule has 0 aliphatic carbocycles. The Hall–Kier alpha value is -3.23. The predicted octanol–water partition coefficient (Wildman–Crippen LogP) is 2.94. The number of unbranched alkanes of at least 4 members (excludes halogenated alkanes) is 1. The number of carbonyl (C=O) groups is 2. The van der Waals surface area contributed by atoms with Crippen molar-refractivity contribution in [3.8, 4) is 5.69 Å². The van der Waals surface area contributed by atoms with Gasteiger partial charge in [0.1, 0.15) is 0 Å². The molecule has 30 heavy (non-hydrogen) atoms. The average Bonchev–Trinajstić information content (AvgIpc) is 3.24. The molecule has 1 aliphatic heterocycles. The van der Waals surface area contributed by atoms with Crippen LogP contribution in [0.2, 0.25) is 0 Å². The van der Waals surface area contributed by atoms with Gasteiger partial charge >= 0.3 is 0 Å². The van der Waals surface area contributed by atoms with Gasteiger partial charge in [0.05, 0.1) is 16.5 Å². The number of rotatable bonds is 7. The number of piperidine rings is 1. The third-order valence-corrected chi connectivity index (χ3v) is 5.46. The van der Waals surface area contributed by atoms with Gasteiger partial charge in [-0.25, -0.2) is 4.68 Å². The number of nitrogens with zero attached hydrogens (tertiary/aromatic N) is 4. The lowest BCUT2D eigenvalue weighted by atomic mass is 9.92. The second-order valence-electron chi connectivity index (χ2n) is 7.65.